The fraction of sp³-hybridized carbons (Fsp3) is 0.250. The Kier molecular flexibility index (Phi) is 4.48. The van der Waals surface area contributed by atoms with Gasteiger partial charge in [0.2, 0.25) is 5.75 Å². The van der Waals surface area contributed by atoms with Crippen LogP contribution in [-0.2, 0) is 0 Å². The monoisotopic (exact) mass is 386 g/mol. The number of phenols is 1. The second-order valence-corrected chi connectivity index (χ2v) is 6.24. The summed E-state index contributed by atoms with van der Waals surface area (Å²) in [5.74, 6) is 1.05. The molecule has 1 aliphatic heterocycles. The van der Waals surface area contributed by atoms with Crippen molar-refractivity contribution in [3.63, 3.8) is 0 Å². The molecule has 0 bridgehead atoms. The van der Waals surface area contributed by atoms with Crippen molar-refractivity contribution in [1.82, 2.24) is 0 Å². The summed E-state index contributed by atoms with van der Waals surface area (Å²) in [6, 6.07) is 9.37. The zero-order valence-electron chi connectivity index (χ0n) is 15.2. The van der Waals surface area contributed by atoms with Gasteiger partial charge in [0, 0.05) is 23.1 Å². The van der Waals surface area contributed by atoms with Gasteiger partial charge in [0.15, 0.2) is 35.2 Å². The van der Waals surface area contributed by atoms with Gasteiger partial charge in [-0.15, -0.1) is 0 Å². The number of hydrogen-bond donors (Lipinski definition) is 2. The van der Waals surface area contributed by atoms with E-state index in [1.165, 1.54) is 20.3 Å². The molecule has 0 saturated carbocycles. The lowest BCUT2D eigenvalue weighted by atomic mass is 10.0. The fourth-order valence-electron chi connectivity index (χ4n) is 3.19. The first kappa shape index (κ1) is 18.0. The minimum atomic E-state index is -0.714. The Balaban J connectivity index is 1.80. The molecule has 2 aromatic carbocycles. The molecule has 2 atom stereocenters. The van der Waals surface area contributed by atoms with Gasteiger partial charge in [-0.1, -0.05) is 0 Å². The number of aromatic hydroxyl groups is 1. The molecule has 146 valence electrons. The van der Waals surface area contributed by atoms with Crippen LogP contribution in [0.4, 0.5) is 0 Å². The first-order valence-corrected chi connectivity index (χ1v) is 8.51. The molecule has 3 aromatic rings. The van der Waals surface area contributed by atoms with E-state index in [-0.39, 0.29) is 23.9 Å². The molecule has 1 aromatic heterocycles. The number of fused-ring (bicyclic) bond motifs is 2. The molecule has 0 unspecified atom stereocenters. The molecule has 0 spiro atoms. The first-order valence-electron chi connectivity index (χ1n) is 8.51. The molecule has 4 rings (SSSR count). The Hall–Kier alpha value is -3.39. The van der Waals surface area contributed by atoms with Crippen LogP contribution in [0.2, 0.25) is 0 Å². The molecule has 0 saturated heterocycles. The highest BCUT2D eigenvalue weighted by atomic mass is 16.6. The van der Waals surface area contributed by atoms with Crippen LogP contribution >= 0.6 is 0 Å². The van der Waals surface area contributed by atoms with Gasteiger partial charge in [0.25, 0.3) is 0 Å². The average molecular weight is 386 g/mol. The van der Waals surface area contributed by atoms with Crippen molar-refractivity contribution < 1.29 is 33.6 Å². The maximum absolute atomic E-state index is 11.5. The number of benzene rings is 2. The first-order chi connectivity index (χ1) is 13.5. The highest BCUT2D eigenvalue weighted by Crippen LogP contribution is 2.45. The van der Waals surface area contributed by atoms with Crippen LogP contribution in [0.1, 0.15) is 11.7 Å². The van der Waals surface area contributed by atoms with Gasteiger partial charge in [-0.2, -0.15) is 0 Å². The van der Waals surface area contributed by atoms with Crippen LogP contribution in [0.15, 0.2) is 45.6 Å². The maximum atomic E-state index is 11.5. The normalized spacial score (nSPS) is 18.1. The second-order valence-electron chi connectivity index (χ2n) is 6.24. The van der Waals surface area contributed by atoms with E-state index in [1.807, 2.05) is 0 Å². The molecular weight excluding hydrogens is 368 g/mol. The van der Waals surface area contributed by atoms with Crippen molar-refractivity contribution >= 4 is 11.0 Å². The summed E-state index contributed by atoms with van der Waals surface area (Å²) in [7, 11) is 2.84. The molecule has 1 aliphatic rings. The molecular formula is C20H18O8. The quantitative estimate of drug-likeness (QED) is 0.658. The van der Waals surface area contributed by atoms with Crippen molar-refractivity contribution in [3.05, 3.63) is 52.4 Å². The molecule has 2 N–H and O–H groups in total. The third-order valence-electron chi connectivity index (χ3n) is 4.57. The Bertz CT molecular complexity index is 1060. The summed E-state index contributed by atoms with van der Waals surface area (Å²) in [4.78, 5) is 11.5. The van der Waals surface area contributed by atoms with Crippen LogP contribution in [0.5, 0.6) is 28.7 Å². The molecule has 2 heterocycles. The summed E-state index contributed by atoms with van der Waals surface area (Å²) in [6.45, 7) is -0.308. The van der Waals surface area contributed by atoms with Crippen molar-refractivity contribution in [1.29, 1.82) is 0 Å². The Labute approximate surface area is 159 Å². The van der Waals surface area contributed by atoms with Crippen LogP contribution in [0, 0.1) is 0 Å². The summed E-state index contributed by atoms with van der Waals surface area (Å²) in [5.41, 5.74) is 0.463. The Morgan fingerprint density at radius 1 is 1.00 bits per heavy atom. The van der Waals surface area contributed by atoms with Gasteiger partial charge in [-0.05, 0) is 24.3 Å². The van der Waals surface area contributed by atoms with Crippen molar-refractivity contribution in [3.8, 4) is 28.7 Å². The predicted molar refractivity (Wildman–Crippen MR) is 98.6 cm³/mol. The topological polar surface area (TPSA) is 108 Å². The van der Waals surface area contributed by atoms with E-state index < -0.39 is 17.8 Å². The van der Waals surface area contributed by atoms with Gasteiger partial charge in [0.05, 0.1) is 20.8 Å². The molecule has 8 nitrogen and oxygen atoms in total. The lowest BCUT2D eigenvalue weighted by Crippen LogP contribution is -2.36. The average Bonchev–Trinajstić information content (AvgIpc) is 2.71. The second kappa shape index (κ2) is 6.97. The highest BCUT2D eigenvalue weighted by molar-refractivity contribution is 5.80. The standard InChI is InChI=1S/C20H18O8/c1-24-15-6-11(7-16(25-2)19(15)23)20-17(9-21)26-13-5-10-3-4-18(22)27-12(10)8-14(13)28-20/h3-8,17,20-21,23H,9H2,1-2H3/t17-,20-/m1/s1. The van der Waals surface area contributed by atoms with E-state index in [1.54, 1.807) is 30.3 Å². The Morgan fingerprint density at radius 2 is 1.68 bits per heavy atom. The maximum Gasteiger partial charge on any atom is 0.336 e. The summed E-state index contributed by atoms with van der Waals surface area (Å²) >= 11 is 0. The summed E-state index contributed by atoms with van der Waals surface area (Å²) < 4.78 is 27.6. The molecule has 0 aliphatic carbocycles. The van der Waals surface area contributed by atoms with E-state index >= 15 is 0 Å². The van der Waals surface area contributed by atoms with Gasteiger partial charge in [-0.25, -0.2) is 4.79 Å². The minimum absolute atomic E-state index is 0.140. The van der Waals surface area contributed by atoms with Crippen molar-refractivity contribution in [2.45, 2.75) is 12.2 Å². The largest absolute Gasteiger partial charge is 0.502 e. The van der Waals surface area contributed by atoms with E-state index in [9.17, 15) is 15.0 Å². The van der Waals surface area contributed by atoms with Gasteiger partial charge in [0.1, 0.15) is 5.58 Å². The third kappa shape index (κ3) is 2.97. The number of aliphatic hydroxyl groups excluding tert-OH is 1. The molecule has 0 amide bonds. The van der Waals surface area contributed by atoms with Crippen LogP contribution in [-0.4, -0.2) is 37.1 Å². The predicted octanol–water partition coefficient (Wildman–Crippen LogP) is 2.39. The number of aliphatic hydroxyl groups is 1. The smallest absolute Gasteiger partial charge is 0.336 e. The lowest BCUT2D eigenvalue weighted by molar-refractivity contribution is -0.0123. The van der Waals surface area contributed by atoms with Gasteiger partial charge < -0.3 is 33.6 Å². The van der Waals surface area contributed by atoms with Crippen LogP contribution in [0.25, 0.3) is 11.0 Å². The molecule has 8 heteroatoms. The SMILES string of the molecule is COc1cc([C@H]2Oc3cc4oc(=O)ccc4cc3O[C@@H]2CO)cc(OC)c1O. The van der Waals surface area contributed by atoms with E-state index in [0.717, 1.165) is 0 Å². The Morgan fingerprint density at radius 3 is 2.32 bits per heavy atom. The van der Waals surface area contributed by atoms with Crippen LogP contribution < -0.4 is 24.6 Å². The van der Waals surface area contributed by atoms with Crippen molar-refractivity contribution in [2.75, 3.05) is 20.8 Å². The minimum Gasteiger partial charge on any atom is -0.502 e. The molecule has 0 radical (unpaired) electrons. The summed E-state index contributed by atoms with van der Waals surface area (Å²) in [6.07, 6.45) is -1.42. The van der Waals surface area contributed by atoms with Gasteiger partial charge in [-0.3, -0.25) is 0 Å². The number of hydrogen-bond acceptors (Lipinski definition) is 8. The van der Waals surface area contributed by atoms with E-state index in [4.69, 9.17) is 23.4 Å². The number of methoxy groups -OCH3 is 2. The van der Waals surface area contributed by atoms with Crippen LogP contribution in [0.3, 0.4) is 0 Å². The van der Waals surface area contributed by atoms with E-state index in [0.29, 0.717) is 28.0 Å². The fourth-order valence-corrected chi connectivity index (χ4v) is 3.19. The summed E-state index contributed by atoms with van der Waals surface area (Å²) in [5, 5.41) is 20.6. The van der Waals surface area contributed by atoms with Gasteiger partial charge >= 0.3 is 5.63 Å². The van der Waals surface area contributed by atoms with Crippen molar-refractivity contribution in [2.24, 2.45) is 0 Å². The lowest BCUT2D eigenvalue weighted by Gasteiger charge is -2.33. The third-order valence-corrected chi connectivity index (χ3v) is 4.57. The number of ether oxygens (including phenoxy) is 4. The molecule has 28 heavy (non-hydrogen) atoms. The number of rotatable bonds is 4. The van der Waals surface area contributed by atoms with E-state index in [2.05, 4.69) is 0 Å². The highest BCUT2D eigenvalue weighted by Gasteiger charge is 2.34. The number of phenolic OH excluding ortho intramolecular Hbond substituents is 1. The zero-order valence-corrected chi connectivity index (χ0v) is 15.2. The molecule has 0 fully saturated rings. The zero-order chi connectivity index (χ0) is 19.8.